The SMILES string of the molecule is CCc1ccc(C(CC)Nc2c(C)n[nH]c2C)cc1. The quantitative estimate of drug-likeness (QED) is 0.844. The van der Waals surface area contributed by atoms with Gasteiger partial charge in [0.25, 0.3) is 0 Å². The van der Waals surface area contributed by atoms with Crippen LogP contribution in [0.1, 0.15) is 48.8 Å². The second-order valence-corrected chi connectivity index (χ2v) is 5.01. The first kappa shape index (κ1) is 13.7. The molecule has 0 aliphatic rings. The minimum absolute atomic E-state index is 0.334. The monoisotopic (exact) mass is 257 g/mol. The number of hydrogen-bond acceptors (Lipinski definition) is 2. The highest BCUT2D eigenvalue weighted by Crippen LogP contribution is 2.26. The lowest BCUT2D eigenvalue weighted by molar-refractivity contribution is 0.747. The van der Waals surface area contributed by atoms with Crippen molar-refractivity contribution >= 4 is 5.69 Å². The van der Waals surface area contributed by atoms with Crippen LogP contribution in [0.2, 0.25) is 0 Å². The molecule has 1 aromatic carbocycles. The van der Waals surface area contributed by atoms with E-state index >= 15 is 0 Å². The summed E-state index contributed by atoms with van der Waals surface area (Å²) in [6.45, 7) is 8.47. The van der Waals surface area contributed by atoms with Gasteiger partial charge in [-0.15, -0.1) is 0 Å². The van der Waals surface area contributed by atoms with Crippen molar-refractivity contribution in [3.8, 4) is 0 Å². The summed E-state index contributed by atoms with van der Waals surface area (Å²) in [7, 11) is 0. The Morgan fingerprint density at radius 2 is 1.84 bits per heavy atom. The zero-order valence-corrected chi connectivity index (χ0v) is 12.2. The van der Waals surface area contributed by atoms with E-state index < -0.39 is 0 Å². The van der Waals surface area contributed by atoms with Gasteiger partial charge >= 0.3 is 0 Å². The predicted molar refractivity (Wildman–Crippen MR) is 80.5 cm³/mol. The molecular weight excluding hydrogens is 234 g/mol. The van der Waals surface area contributed by atoms with Gasteiger partial charge in [-0.1, -0.05) is 38.1 Å². The standard InChI is InChI=1S/C16H23N3/c1-5-13-7-9-14(10-8-13)15(6-2)17-16-11(3)18-19-12(16)4/h7-10,15,17H,5-6H2,1-4H3,(H,18,19). The summed E-state index contributed by atoms with van der Waals surface area (Å²) in [5.41, 5.74) is 5.97. The van der Waals surface area contributed by atoms with Crippen LogP contribution in [-0.2, 0) is 6.42 Å². The minimum atomic E-state index is 0.334. The fourth-order valence-electron chi connectivity index (χ4n) is 2.34. The fourth-order valence-corrected chi connectivity index (χ4v) is 2.34. The number of anilines is 1. The van der Waals surface area contributed by atoms with Gasteiger partial charge in [-0.05, 0) is 37.8 Å². The van der Waals surface area contributed by atoms with Crippen LogP contribution >= 0.6 is 0 Å². The molecule has 2 rings (SSSR count). The smallest absolute Gasteiger partial charge is 0.0825 e. The van der Waals surface area contributed by atoms with Gasteiger partial charge in [-0.25, -0.2) is 0 Å². The maximum absolute atomic E-state index is 4.24. The van der Waals surface area contributed by atoms with Crippen molar-refractivity contribution in [2.45, 2.75) is 46.6 Å². The van der Waals surface area contributed by atoms with Crippen molar-refractivity contribution in [2.75, 3.05) is 5.32 Å². The zero-order valence-electron chi connectivity index (χ0n) is 12.2. The molecule has 0 saturated heterocycles. The van der Waals surface area contributed by atoms with Crippen molar-refractivity contribution in [1.82, 2.24) is 10.2 Å². The molecule has 0 saturated carbocycles. The van der Waals surface area contributed by atoms with E-state index in [0.29, 0.717) is 6.04 Å². The molecule has 1 unspecified atom stereocenters. The van der Waals surface area contributed by atoms with Crippen molar-refractivity contribution in [1.29, 1.82) is 0 Å². The van der Waals surface area contributed by atoms with Gasteiger partial charge in [0, 0.05) is 0 Å². The Hall–Kier alpha value is -1.77. The lowest BCUT2D eigenvalue weighted by Gasteiger charge is -2.19. The third-order valence-corrected chi connectivity index (χ3v) is 3.65. The van der Waals surface area contributed by atoms with Crippen LogP contribution in [0.25, 0.3) is 0 Å². The zero-order chi connectivity index (χ0) is 13.8. The van der Waals surface area contributed by atoms with Gasteiger partial charge in [0.1, 0.15) is 0 Å². The minimum Gasteiger partial charge on any atom is -0.375 e. The summed E-state index contributed by atoms with van der Waals surface area (Å²) < 4.78 is 0. The van der Waals surface area contributed by atoms with Crippen LogP contribution in [0, 0.1) is 13.8 Å². The summed E-state index contributed by atoms with van der Waals surface area (Å²) in [5, 5.41) is 10.9. The van der Waals surface area contributed by atoms with E-state index in [0.717, 1.165) is 29.9 Å². The summed E-state index contributed by atoms with van der Waals surface area (Å²) in [6, 6.07) is 9.22. The Morgan fingerprint density at radius 1 is 1.16 bits per heavy atom. The highest BCUT2D eigenvalue weighted by Gasteiger charge is 2.13. The van der Waals surface area contributed by atoms with Crippen LogP contribution in [0.5, 0.6) is 0 Å². The number of H-pyrrole nitrogens is 1. The number of aromatic amines is 1. The van der Waals surface area contributed by atoms with Crippen LogP contribution in [0.3, 0.4) is 0 Å². The van der Waals surface area contributed by atoms with Crippen LogP contribution in [-0.4, -0.2) is 10.2 Å². The second kappa shape index (κ2) is 5.91. The lowest BCUT2D eigenvalue weighted by Crippen LogP contribution is -2.10. The number of nitrogens with one attached hydrogen (secondary N) is 2. The maximum Gasteiger partial charge on any atom is 0.0825 e. The molecule has 0 fully saturated rings. The Bertz CT molecular complexity index is 506. The fraction of sp³-hybridized carbons (Fsp3) is 0.438. The Morgan fingerprint density at radius 3 is 2.32 bits per heavy atom. The third kappa shape index (κ3) is 2.98. The third-order valence-electron chi connectivity index (χ3n) is 3.65. The molecule has 0 spiro atoms. The molecule has 1 aromatic heterocycles. The van der Waals surface area contributed by atoms with Crippen LogP contribution < -0.4 is 5.32 Å². The molecule has 19 heavy (non-hydrogen) atoms. The number of hydrogen-bond donors (Lipinski definition) is 2. The molecule has 0 bridgehead atoms. The van der Waals surface area contributed by atoms with Crippen molar-refractivity contribution < 1.29 is 0 Å². The highest BCUT2D eigenvalue weighted by atomic mass is 15.2. The van der Waals surface area contributed by atoms with E-state index in [9.17, 15) is 0 Å². The van der Waals surface area contributed by atoms with Gasteiger partial charge in [-0.2, -0.15) is 5.10 Å². The molecule has 102 valence electrons. The van der Waals surface area contributed by atoms with Crippen LogP contribution in [0.4, 0.5) is 5.69 Å². The summed E-state index contributed by atoms with van der Waals surface area (Å²) in [4.78, 5) is 0. The van der Waals surface area contributed by atoms with Gasteiger partial charge < -0.3 is 5.32 Å². The molecule has 3 nitrogen and oxygen atoms in total. The molecule has 1 atom stereocenters. The molecule has 1 heterocycles. The molecule has 3 heteroatoms. The van der Waals surface area contributed by atoms with E-state index in [2.05, 4.69) is 60.6 Å². The molecule has 2 N–H and O–H groups in total. The summed E-state index contributed by atoms with van der Waals surface area (Å²) >= 11 is 0. The Labute approximate surface area is 115 Å². The topological polar surface area (TPSA) is 40.7 Å². The Balaban J connectivity index is 2.20. The van der Waals surface area contributed by atoms with E-state index in [1.54, 1.807) is 0 Å². The van der Waals surface area contributed by atoms with Gasteiger partial charge in [0.15, 0.2) is 0 Å². The van der Waals surface area contributed by atoms with E-state index in [4.69, 9.17) is 0 Å². The van der Waals surface area contributed by atoms with Crippen LogP contribution in [0.15, 0.2) is 24.3 Å². The summed E-state index contributed by atoms with van der Waals surface area (Å²) in [5.74, 6) is 0. The lowest BCUT2D eigenvalue weighted by atomic mass is 10.0. The molecule has 0 aliphatic carbocycles. The first-order valence-electron chi connectivity index (χ1n) is 7.02. The summed E-state index contributed by atoms with van der Waals surface area (Å²) in [6.07, 6.45) is 2.14. The predicted octanol–water partition coefficient (Wildman–Crippen LogP) is 4.15. The number of benzene rings is 1. The van der Waals surface area contributed by atoms with Crippen molar-refractivity contribution in [3.05, 3.63) is 46.8 Å². The maximum atomic E-state index is 4.24. The number of aryl methyl sites for hydroxylation is 3. The first-order valence-corrected chi connectivity index (χ1v) is 7.02. The largest absolute Gasteiger partial charge is 0.375 e. The molecule has 2 aromatic rings. The molecule has 0 radical (unpaired) electrons. The van der Waals surface area contributed by atoms with E-state index in [-0.39, 0.29) is 0 Å². The first-order chi connectivity index (χ1) is 9.15. The molecular formula is C16H23N3. The van der Waals surface area contributed by atoms with Gasteiger partial charge in [0.05, 0.1) is 23.1 Å². The normalized spacial score (nSPS) is 12.4. The van der Waals surface area contributed by atoms with Crippen molar-refractivity contribution in [3.63, 3.8) is 0 Å². The average molecular weight is 257 g/mol. The van der Waals surface area contributed by atoms with Gasteiger partial charge in [0.2, 0.25) is 0 Å². The second-order valence-electron chi connectivity index (χ2n) is 5.01. The van der Waals surface area contributed by atoms with Crippen molar-refractivity contribution in [2.24, 2.45) is 0 Å². The van der Waals surface area contributed by atoms with Gasteiger partial charge in [-0.3, -0.25) is 5.10 Å². The molecule has 0 amide bonds. The van der Waals surface area contributed by atoms with E-state index in [1.165, 1.54) is 11.1 Å². The van der Waals surface area contributed by atoms with E-state index in [1.807, 2.05) is 6.92 Å². The average Bonchev–Trinajstić information content (AvgIpc) is 2.76. The number of rotatable bonds is 5. The Kier molecular flexibility index (Phi) is 4.25. The highest BCUT2D eigenvalue weighted by molar-refractivity contribution is 5.53. The molecule has 0 aliphatic heterocycles. The number of aromatic nitrogens is 2. The number of nitrogens with zero attached hydrogens (tertiary/aromatic N) is 1.